The van der Waals surface area contributed by atoms with E-state index in [-0.39, 0.29) is 5.78 Å². The van der Waals surface area contributed by atoms with Crippen molar-refractivity contribution in [1.82, 2.24) is 0 Å². The molecular formula is C11H14ClNO2. The molecule has 3 nitrogen and oxygen atoms in total. The van der Waals surface area contributed by atoms with E-state index in [9.17, 15) is 4.79 Å². The Hall–Kier alpha value is -0.900. The van der Waals surface area contributed by atoms with Gasteiger partial charge in [-0.3, -0.25) is 4.79 Å². The normalized spacial score (nSPS) is 10.3. The maximum absolute atomic E-state index is 11.7. The lowest BCUT2D eigenvalue weighted by molar-refractivity contribution is 0.0980. The molecule has 0 amide bonds. The fraction of sp³-hybridized carbons (Fsp3) is 0.364. The molecule has 0 bridgehead atoms. The molecule has 0 saturated carbocycles. The molecular weight excluding hydrogens is 214 g/mol. The van der Waals surface area contributed by atoms with E-state index in [1.165, 1.54) is 0 Å². The van der Waals surface area contributed by atoms with Gasteiger partial charge >= 0.3 is 0 Å². The van der Waals surface area contributed by atoms with E-state index >= 15 is 0 Å². The molecule has 0 atom stereocenters. The van der Waals surface area contributed by atoms with Gasteiger partial charge in [-0.2, -0.15) is 0 Å². The molecule has 0 spiro atoms. The van der Waals surface area contributed by atoms with E-state index in [0.29, 0.717) is 30.2 Å². The number of methoxy groups -OCH3 is 1. The summed E-state index contributed by atoms with van der Waals surface area (Å²) in [5.74, 6) is -0.0323. The van der Waals surface area contributed by atoms with Crippen LogP contribution in [0.2, 0.25) is 5.02 Å². The molecule has 15 heavy (non-hydrogen) atoms. The van der Waals surface area contributed by atoms with Crippen molar-refractivity contribution in [2.75, 3.05) is 13.7 Å². The number of nitrogens with two attached hydrogens (primary N) is 1. The number of ether oxygens (including phenoxy) is 1. The van der Waals surface area contributed by atoms with Crippen LogP contribution in [0.4, 0.5) is 0 Å². The molecule has 2 N–H and O–H groups in total. The number of carbonyl (C=O) groups excluding carboxylic acids is 1. The monoisotopic (exact) mass is 227 g/mol. The van der Waals surface area contributed by atoms with Crippen molar-refractivity contribution in [3.8, 4) is 0 Å². The molecule has 0 aliphatic carbocycles. The van der Waals surface area contributed by atoms with Crippen molar-refractivity contribution in [1.29, 1.82) is 0 Å². The second kappa shape index (κ2) is 5.85. The maximum Gasteiger partial charge on any atom is 0.165 e. The molecule has 1 aromatic rings. The van der Waals surface area contributed by atoms with Crippen LogP contribution in [0, 0.1) is 0 Å². The smallest absolute Gasteiger partial charge is 0.165 e. The third kappa shape index (κ3) is 3.02. The molecule has 0 aliphatic rings. The zero-order valence-corrected chi connectivity index (χ0v) is 9.38. The summed E-state index contributed by atoms with van der Waals surface area (Å²) in [4.78, 5) is 11.7. The minimum atomic E-state index is -0.0323. The van der Waals surface area contributed by atoms with Crippen LogP contribution in [-0.2, 0) is 11.3 Å². The van der Waals surface area contributed by atoms with E-state index in [0.717, 1.165) is 5.56 Å². The largest absolute Gasteiger partial charge is 0.380 e. The molecule has 0 aromatic heterocycles. The highest BCUT2D eigenvalue weighted by Crippen LogP contribution is 2.22. The van der Waals surface area contributed by atoms with Crippen molar-refractivity contribution in [3.63, 3.8) is 0 Å². The summed E-state index contributed by atoms with van der Waals surface area (Å²) in [5, 5.41) is 0.461. The fourth-order valence-electron chi connectivity index (χ4n) is 1.41. The number of hydrogen-bond donors (Lipinski definition) is 1. The molecule has 82 valence electrons. The Bertz CT molecular complexity index is 352. The fourth-order valence-corrected chi connectivity index (χ4v) is 1.71. The van der Waals surface area contributed by atoms with Crippen LogP contribution < -0.4 is 5.73 Å². The van der Waals surface area contributed by atoms with Gasteiger partial charge < -0.3 is 10.5 Å². The first kappa shape index (κ1) is 12.2. The lowest BCUT2D eigenvalue weighted by Crippen LogP contribution is -2.11. The summed E-state index contributed by atoms with van der Waals surface area (Å²) in [6.45, 7) is 0.711. The van der Waals surface area contributed by atoms with Gasteiger partial charge in [0.15, 0.2) is 5.78 Å². The average molecular weight is 228 g/mol. The second-order valence-corrected chi connectivity index (χ2v) is 3.58. The SMILES string of the molecule is COCc1cccc(Cl)c1C(=O)CCN. The summed E-state index contributed by atoms with van der Waals surface area (Å²) in [6, 6.07) is 5.33. The predicted molar refractivity (Wildman–Crippen MR) is 60.2 cm³/mol. The minimum Gasteiger partial charge on any atom is -0.380 e. The molecule has 0 saturated heterocycles. The third-order valence-corrected chi connectivity index (χ3v) is 2.36. The molecule has 1 aromatic carbocycles. The van der Waals surface area contributed by atoms with Crippen LogP contribution >= 0.6 is 11.6 Å². The summed E-state index contributed by atoms with van der Waals surface area (Å²) in [5.41, 5.74) is 6.69. The van der Waals surface area contributed by atoms with E-state index < -0.39 is 0 Å². The zero-order chi connectivity index (χ0) is 11.3. The van der Waals surface area contributed by atoms with Crippen molar-refractivity contribution in [2.45, 2.75) is 13.0 Å². The third-order valence-electron chi connectivity index (χ3n) is 2.05. The Morgan fingerprint density at radius 1 is 1.53 bits per heavy atom. The lowest BCUT2D eigenvalue weighted by atomic mass is 10.0. The van der Waals surface area contributed by atoms with Gasteiger partial charge in [0.25, 0.3) is 0 Å². The predicted octanol–water partition coefficient (Wildman–Crippen LogP) is 2.02. The van der Waals surface area contributed by atoms with Crippen LogP contribution in [-0.4, -0.2) is 19.4 Å². The van der Waals surface area contributed by atoms with Gasteiger partial charge in [-0.05, 0) is 18.2 Å². The zero-order valence-electron chi connectivity index (χ0n) is 8.63. The molecule has 0 fully saturated rings. The topological polar surface area (TPSA) is 52.3 Å². The minimum absolute atomic E-state index is 0.0323. The maximum atomic E-state index is 11.7. The average Bonchev–Trinajstić information content (AvgIpc) is 2.18. The van der Waals surface area contributed by atoms with Gasteiger partial charge in [-0.25, -0.2) is 0 Å². The number of rotatable bonds is 5. The number of benzene rings is 1. The Morgan fingerprint density at radius 2 is 2.27 bits per heavy atom. The van der Waals surface area contributed by atoms with Crippen molar-refractivity contribution >= 4 is 17.4 Å². The first-order chi connectivity index (χ1) is 7.20. The van der Waals surface area contributed by atoms with Crippen LogP contribution in [0.25, 0.3) is 0 Å². The highest BCUT2D eigenvalue weighted by molar-refractivity contribution is 6.34. The van der Waals surface area contributed by atoms with Gasteiger partial charge in [0.05, 0.1) is 11.6 Å². The molecule has 0 radical (unpaired) electrons. The van der Waals surface area contributed by atoms with Gasteiger partial charge in [-0.1, -0.05) is 23.7 Å². The number of carbonyl (C=O) groups is 1. The Balaban J connectivity index is 3.06. The Kier molecular flexibility index (Phi) is 4.75. The number of Topliss-reactive ketones (excluding diaryl/α,β-unsaturated/α-hetero) is 1. The summed E-state index contributed by atoms with van der Waals surface area (Å²) in [6.07, 6.45) is 0.306. The molecule has 1 rings (SSSR count). The van der Waals surface area contributed by atoms with Crippen molar-refractivity contribution < 1.29 is 9.53 Å². The van der Waals surface area contributed by atoms with E-state index in [1.54, 1.807) is 19.2 Å². The van der Waals surface area contributed by atoms with Crippen LogP contribution in [0.5, 0.6) is 0 Å². The lowest BCUT2D eigenvalue weighted by Gasteiger charge is -2.09. The van der Waals surface area contributed by atoms with Crippen LogP contribution in [0.1, 0.15) is 22.3 Å². The first-order valence-corrected chi connectivity index (χ1v) is 5.08. The van der Waals surface area contributed by atoms with Gasteiger partial charge in [0, 0.05) is 19.1 Å². The van der Waals surface area contributed by atoms with Gasteiger partial charge in [-0.15, -0.1) is 0 Å². The first-order valence-electron chi connectivity index (χ1n) is 4.70. The highest BCUT2D eigenvalue weighted by atomic mass is 35.5. The van der Waals surface area contributed by atoms with E-state index in [4.69, 9.17) is 22.1 Å². The number of halogens is 1. The Morgan fingerprint density at radius 3 is 2.87 bits per heavy atom. The molecule has 0 aliphatic heterocycles. The molecule has 0 heterocycles. The highest BCUT2D eigenvalue weighted by Gasteiger charge is 2.14. The van der Waals surface area contributed by atoms with Gasteiger partial charge in [0.2, 0.25) is 0 Å². The summed E-state index contributed by atoms with van der Waals surface area (Å²) >= 11 is 5.98. The standard InChI is InChI=1S/C11H14ClNO2/c1-15-7-8-3-2-4-9(12)11(8)10(14)5-6-13/h2-4H,5-7,13H2,1H3. The van der Waals surface area contributed by atoms with E-state index in [1.807, 2.05) is 6.07 Å². The molecule has 0 unspecified atom stereocenters. The number of ketones is 1. The van der Waals surface area contributed by atoms with Gasteiger partial charge in [0.1, 0.15) is 0 Å². The van der Waals surface area contributed by atoms with E-state index in [2.05, 4.69) is 0 Å². The van der Waals surface area contributed by atoms with Crippen molar-refractivity contribution in [2.24, 2.45) is 5.73 Å². The van der Waals surface area contributed by atoms with Crippen molar-refractivity contribution in [3.05, 3.63) is 34.3 Å². The second-order valence-electron chi connectivity index (χ2n) is 3.17. The quantitative estimate of drug-likeness (QED) is 0.783. The summed E-state index contributed by atoms with van der Waals surface area (Å²) in [7, 11) is 1.58. The Labute approximate surface area is 94.2 Å². The molecule has 4 heteroatoms. The van der Waals surface area contributed by atoms with Crippen LogP contribution in [0.3, 0.4) is 0 Å². The summed E-state index contributed by atoms with van der Waals surface area (Å²) < 4.78 is 5.01. The number of hydrogen-bond acceptors (Lipinski definition) is 3. The van der Waals surface area contributed by atoms with Crippen LogP contribution in [0.15, 0.2) is 18.2 Å².